The lowest BCUT2D eigenvalue weighted by atomic mass is 10.0. The third-order valence-electron chi connectivity index (χ3n) is 5.91. The van der Waals surface area contributed by atoms with Crippen molar-refractivity contribution in [1.82, 2.24) is 10.2 Å². The van der Waals surface area contributed by atoms with Crippen molar-refractivity contribution in [3.05, 3.63) is 48.1 Å². The number of rotatable bonds is 13. The summed E-state index contributed by atoms with van der Waals surface area (Å²) in [5.74, 6) is -1.67. The number of aromatic hydroxyl groups is 2. The number of hydrogen-bond donors (Lipinski definition) is 3. The molecule has 2 rings (SSSR count). The zero-order chi connectivity index (χ0) is 28.1. The van der Waals surface area contributed by atoms with E-state index in [2.05, 4.69) is 17.1 Å². The van der Waals surface area contributed by atoms with E-state index in [-0.39, 0.29) is 42.2 Å². The van der Waals surface area contributed by atoms with Gasteiger partial charge in [0, 0.05) is 38.9 Å². The SMILES string of the molecule is C=CCC(C=CCC(C)OC(=O)c1c(O)cc(O)cc1CC(C)=NOCC(=O)N1CCCCC1)NC(C)=O. The van der Waals surface area contributed by atoms with Gasteiger partial charge in [0.25, 0.3) is 5.91 Å². The van der Waals surface area contributed by atoms with Gasteiger partial charge in [-0.1, -0.05) is 23.4 Å². The van der Waals surface area contributed by atoms with Crippen LogP contribution in [-0.4, -0.2) is 70.5 Å². The number of piperidine rings is 1. The Morgan fingerprint density at radius 2 is 1.87 bits per heavy atom. The number of nitrogens with one attached hydrogen (secondary N) is 1. The van der Waals surface area contributed by atoms with Gasteiger partial charge in [-0.15, -0.1) is 6.58 Å². The molecule has 1 aliphatic rings. The summed E-state index contributed by atoms with van der Waals surface area (Å²) >= 11 is 0. The molecule has 208 valence electrons. The maximum atomic E-state index is 12.9. The Bertz CT molecular complexity index is 1050. The molecule has 38 heavy (non-hydrogen) atoms. The number of benzene rings is 1. The van der Waals surface area contributed by atoms with Crippen LogP contribution in [0.15, 0.2) is 42.1 Å². The summed E-state index contributed by atoms with van der Waals surface area (Å²) < 4.78 is 5.52. The second-order valence-electron chi connectivity index (χ2n) is 9.43. The Kier molecular flexibility index (Phi) is 12.4. The molecule has 3 N–H and O–H groups in total. The van der Waals surface area contributed by atoms with Crippen LogP contribution in [0.1, 0.15) is 68.8 Å². The Balaban J connectivity index is 2.01. The zero-order valence-corrected chi connectivity index (χ0v) is 22.4. The summed E-state index contributed by atoms with van der Waals surface area (Å²) in [6, 6.07) is 2.21. The van der Waals surface area contributed by atoms with Gasteiger partial charge in [-0.25, -0.2) is 4.79 Å². The molecule has 1 aromatic rings. The quantitative estimate of drug-likeness (QED) is 0.154. The number of likely N-dealkylation sites (tertiary alicyclic amines) is 1. The van der Waals surface area contributed by atoms with Crippen LogP contribution in [0.2, 0.25) is 0 Å². The fraction of sp³-hybridized carbons (Fsp3) is 0.500. The van der Waals surface area contributed by atoms with Gasteiger partial charge in [0.15, 0.2) is 6.61 Å². The maximum absolute atomic E-state index is 12.9. The van der Waals surface area contributed by atoms with Crippen molar-refractivity contribution in [2.75, 3.05) is 19.7 Å². The minimum absolute atomic E-state index is 0.0819. The molecule has 1 aliphatic heterocycles. The van der Waals surface area contributed by atoms with Gasteiger partial charge in [0.1, 0.15) is 23.2 Å². The third kappa shape index (κ3) is 10.3. The van der Waals surface area contributed by atoms with Crippen LogP contribution < -0.4 is 5.32 Å². The lowest BCUT2D eigenvalue weighted by Gasteiger charge is -2.26. The molecule has 2 atom stereocenters. The molecule has 10 heteroatoms. The van der Waals surface area contributed by atoms with Gasteiger partial charge >= 0.3 is 5.97 Å². The number of carbonyl (C=O) groups excluding carboxylic acids is 3. The molecule has 0 aromatic heterocycles. The predicted octanol–water partition coefficient (Wildman–Crippen LogP) is 3.62. The van der Waals surface area contributed by atoms with Crippen molar-refractivity contribution in [2.24, 2.45) is 5.16 Å². The largest absolute Gasteiger partial charge is 0.508 e. The molecule has 1 aromatic carbocycles. The third-order valence-corrected chi connectivity index (χ3v) is 5.91. The lowest BCUT2D eigenvalue weighted by Crippen LogP contribution is -2.37. The fourth-order valence-corrected chi connectivity index (χ4v) is 4.13. The summed E-state index contributed by atoms with van der Waals surface area (Å²) in [5.41, 5.74) is 0.664. The number of esters is 1. The minimum atomic E-state index is -0.753. The highest BCUT2D eigenvalue weighted by molar-refractivity contribution is 5.97. The average Bonchev–Trinajstić information content (AvgIpc) is 2.83. The normalized spacial score (nSPS) is 15.6. The summed E-state index contributed by atoms with van der Waals surface area (Å²) in [6.07, 6.45) is 8.90. The molecule has 0 bridgehead atoms. The Labute approximate surface area is 224 Å². The van der Waals surface area contributed by atoms with Gasteiger partial charge in [0.05, 0.1) is 11.8 Å². The topological polar surface area (TPSA) is 138 Å². The molecule has 0 spiro atoms. The van der Waals surface area contributed by atoms with Crippen LogP contribution >= 0.6 is 0 Å². The van der Waals surface area contributed by atoms with Gasteiger partial charge < -0.3 is 30.0 Å². The van der Waals surface area contributed by atoms with E-state index in [0.29, 0.717) is 24.1 Å². The van der Waals surface area contributed by atoms with Gasteiger partial charge in [-0.05, 0) is 51.2 Å². The number of nitrogens with zero attached hydrogens (tertiary/aromatic N) is 2. The van der Waals surface area contributed by atoms with Crippen LogP contribution in [0.25, 0.3) is 0 Å². The molecular formula is C28H39N3O7. The monoisotopic (exact) mass is 529 g/mol. The number of phenols is 2. The van der Waals surface area contributed by atoms with Crippen molar-refractivity contribution in [2.45, 2.75) is 71.4 Å². The van der Waals surface area contributed by atoms with E-state index < -0.39 is 17.8 Å². The van der Waals surface area contributed by atoms with Gasteiger partial charge in [0.2, 0.25) is 5.91 Å². The second-order valence-corrected chi connectivity index (χ2v) is 9.43. The first-order valence-electron chi connectivity index (χ1n) is 12.8. The maximum Gasteiger partial charge on any atom is 0.342 e. The van der Waals surface area contributed by atoms with E-state index in [1.807, 2.05) is 6.08 Å². The summed E-state index contributed by atoms with van der Waals surface area (Å²) in [7, 11) is 0. The molecule has 0 aliphatic carbocycles. The number of carbonyl (C=O) groups is 3. The number of phenolic OH excluding ortho intramolecular Hbond substituents is 2. The van der Waals surface area contributed by atoms with Crippen molar-refractivity contribution >= 4 is 23.5 Å². The standard InChI is InChI=1S/C28H39N3O7/c1-5-10-23(29-21(4)32)12-9-11-20(3)38-28(36)27-22(16-24(33)17-25(27)34)15-19(2)30-37-18-26(35)31-13-7-6-8-14-31/h5,9,12,16-17,20,23,33-34H,1,6-8,10-11,13-15,18H2,2-4H3,(H,29,32). The van der Waals surface area contributed by atoms with E-state index in [0.717, 1.165) is 38.4 Å². The van der Waals surface area contributed by atoms with E-state index >= 15 is 0 Å². The summed E-state index contributed by atoms with van der Waals surface area (Å²) in [4.78, 5) is 43.5. The van der Waals surface area contributed by atoms with E-state index in [1.54, 1.807) is 30.9 Å². The molecule has 1 saturated heterocycles. The second kappa shape index (κ2) is 15.4. The number of ether oxygens (including phenoxy) is 1. The molecule has 1 heterocycles. The van der Waals surface area contributed by atoms with Crippen molar-refractivity contribution in [1.29, 1.82) is 0 Å². The molecule has 2 amide bonds. The van der Waals surface area contributed by atoms with Crippen molar-refractivity contribution in [3.8, 4) is 11.5 Å². The van der Waals surface area contributed by atoms with Gasteiger partial charge in [-0.3, -0.25) is 9.59 Å². The molecular weight excluding hydrogens is 490 g/mol. The molecule has 10 nitrogen and oxygen atoms in total. The first-order chi connectivity index (χ1) is 18.1. The Morgan fingerprint density at radius 1 is 1.16 bits per heavy atom. The highest BCUT2D eigenvalue weighted by atomic mass is 16.6. The summed E-state index contributed by atoms with van der Waals surface area (Å²) in [5, 5.41) is 27.2. The van der Waals surface area contributed by atoms with Crippen molar-refractivity contribution < 1.29 is 34.2 Å². The number of amides is 2. The van der Waals surface area contributed by atoms with Crippen LogP contribution in [0.5, 0.6) is 11.5 Å². The molecule has 1 fully saturated rings. The first kappa shape index (κ1) is 30.4. The minimum Gasteiger partial charge on any atom is -0.508 e. The average molecular weight is 530 g/mol. The van der Waals surface area contributed by atoms with E-state index in [9.17, 15) is 24.6 Å². The summed E-state index contributed by atoms with van der Waals surface area (Å²) in [6.45, 7) is 9.74. The van der Waals surface area contributed by atoms with Crippen LogP contribution in [0, 0.1) is 0 Å². The van der Waals surface area contributed by atoms with Crippen molar-refractivity contribution in [3.63, 3.8) is 0 Å². The zero-order valence-electron chi connectivity index (χ0n) is 22.4. The first-order valence-corrected chi connectivity index (χ1v) is 12.8. The molecule has 0 saturated carbocycles. The highest BCUT2D eigenvalue weighted by Gasteiger charge is 2.22. The van der Waals surface area contributed by atoms with E-state index in [1.165, 1.54) is 13.0 Å². The Hall–Kier alpha value is -3.82. The van der Waals surface area contributed by atoms with E-state index in [4.69, 9.17) is 9.57 Å². The molecule has 2 unspecified atom stereocenters. The van der Waals surface area contributed by atoms with Crippen LogP contribution in [0.3, 0.4) is 0 Å². The lowest BCUT2D eigenvalue weighted by molar-refractivity contribution is -0.137. The fourth-order valence-electron chi connectivity index (χ4n) is 4.13. The molecule has 0 radical (unpaired) electrons. The number of oxime groups is 1. The van der Waals surface area contributed by atoms with Gasteiger partial charge in [-0.2, -0.15) is 0 Å². The van der Waals surface area contributed by atoms with Crippen LogP contribution in [-0.2, 0) is 25.6 Å². The van der Waals surface area contributed by atoms with Crippen LogP contribution in [0.4, 0.5) is 0 Å². The highest BCUT2D eigenvalue weighted by Crippen LogP contribution is 2.29. The Morgan fingerprint density at radius 3 is 2.53 bits per heavy atom. The smallest absolute Gasteiger partial charge is 0.342 e. The predicted molar refractivity (Wildman–Crippen MR) is 144 cm³/mol. The number of hydrogen-bond acceptors (Lipinski definition) is 8.